The molecule has 0 unspecified atom stereocenters. The van der Waals surface area contributed by atoms with E-state index in [1.165, 1.54) is 11.0 Å². The standard InChI is InChI=1S/C32H38F3N5O9S/c1-2-20-13-31(20,28(43)38-50(46,47)22-9-10-22)37-26(41)25-12-21-16-40(25)27(42)24(14-32(33,34)35)36-29(44)48-11-4-3-6-18-7-5-8-19-15-39(17-23(18)19)30(45)49-21/h2,5,7-8,20-22,24-25H,1,3-4,6,9-17H2,(H,36,44)(H,37,41)(H,38,43)/t20-,21+,24-,25-,31+/m0/s1. The molecule has 5 atom stereocenters. The zero-order valence-electron chi connectivity index (χ0n) is 27.0. The molecule has 5 amide bonds. The third kappa shape index (κ3) is 7.54. The Morgan fingerprint density at radius 2 is 1.86 bits per heavy atom. The molecule has 14 nitrogen and oxygen atoms in total. The maximum Gasteiger partial charge on any atom is 0.410 e. The Labute approximate surface area is 286 Å². The number of carbonyl (C=O) groups is 5. The predicted octanol–water partition coefficient (Wildman–Crippen LogP) is 2.16. The van der Waals surface area contributed by atoms with Crippen LogP contribution in [-0.4, -0.2) is 96.4 Å². The van der Waals surface area contributed by atoms with E-state index < -0.39 is 94.0 Å². The van der Waals surface area contributed by atoms with Crippen LogP contribution in [0.25, 0.3) is 0 Å². The first-order chi connectivity index (χ1) is 23.6. The van der Waals surface area contributed by atoms with Gasteiger partial charge in [-0.2, -0.15) is 13.2 Å². The number of aryl methyl sites for hydroxylation is 1. The Morgan fingerprint density at radius 3 is 2.54 bits per heavy atom. The lowest BCUT2D eigenvalue weighted by Gasteiger charge is -2.30. The van der Waals surface area contributed by atoms with Crippen LogP contribution < -0.4 is 15.4 Å². The minimum Gasteiger partial charge on any atom is -0.450 e. The first-order valence-electron chi connectivity index (χ1n) is 16.5. The average Bonchev–Trinajstić information content (AvgIpc) is 3.93. The molecule has 1 aromatic carbocycles. The van der Waals surface area contributed by atoms with E-state index in [-0.39, 0.29) is 32.5 Å². The summed E-state index contributed by atoms with van der Waals surface area (Å²) in [7, 11) is -4.01. The molecule has 1 saturated heterocycles. The molecular formula is C32H38F3N5O9S. The van der Waals surface area contributed by atoms with Crippen LogP contribution in [0, 0.1) is 5.92 Å². The smallest absolute Gasteiger partial charge is 0.410 e. The Hall–Kier alpha value is -4.35. The van der Waals surface area contributed by atoms with Crippen LogP contribution in [-0.2, 0) is 53.4 Å². The third-order valence-electron chi connectivity index (χ3n) is 9.80. The van der Waals surface area contributed by atoms with Gasteiger partial charge >= 0.3 is 18.4 Å². The molecule has 0 radical (unpaired) electrons. The molecule has 3 N–H and O–H groups in total. The summed E-state index contributed by atoms with van der Waals surface area (Å²) in [6, 6.07) is 1.92. The second-order valence-electron chi connectivity index (χ2n) is 13.5. The van der Waals surface area contributed by atoms with Crippen molar-refractivity contribution in [2.24, 2.45) is 5.92 Å². The molecule has 50 heavy (non-hydrogen) atoms. The van der Waals surface area contributed by atoms with Crippen molar-refractivity contribution in [3.05, 3.63) is 47.5 Å². The highest BCUT2D eigenvalue weighted by atomic mass is 32.2. The monoisotopic (exact) mass is 725 g/mol. The van der Waals surface area contributed by atoms with Gasteiger partial charge in [0.05, 0.1) is 24.8 Å². The molecule has 0 spiro atoms. The van der Waals surface area contributed by atoms with Crippen molar-refractivity contribution < 1.29 is 55.0 Å². The van der Waals surface area contributed by atoms with E-state index in [0.29, 0.717) is 32.1 Å². The van der Waals surface area contributed by atoms with E-state index in [0.717, 1.165) is 21.6 Å². The van der Waals surface area contributed by atoms with E-state index in [2.05, 4.69) is 11.9 Å². The summed E-state index contributed by atoms with van der Waals surface area (Å²) in [5.41, 5.74) is 1.11. The Morgan fingerprint density at radius 1 is 1.12 bits per heavy atom. The largest absolute Gasteiger partial charge is 0.450 e. The van der Waals surface area contributed by atoms with Gasteiger partial charge in [-0.25, -0.2) is 18.0 Å². The molecule has 5 aliphatic rings. The average molecular weight is 726 g/mol. The third-order valence-corrected chi connectivity index (χ3v) is 11.6. The molecule has 4 bridgehead atoms. The molecule has 272 valence electrons. The van der Waals surface area contributed by atoms with Gasteiger partial charge in [0, 0.05) is 25.4 Å². The molecule has 3 heterocycles. The topological polar surface area (TPSA) is 181 Å². The number of nitrogens with zero attached hydrogens (tertiary/aromatic N) is 2. The predicted molar refractivity (Wildman–Crippen MR) is 167 cm³/mol. The fourth-order valence-electron chi connectivity index (χ4n) is 6.86. The maximum absolute atomic E-state index is 13.9. The van der Waals surface area contributed by atoms with Crippen molar-refractivity contribution in [2.75, 3.05) is 13.2 Å². The summed E-state index contributed by atoms with van der Waals surface area (Å²) in [6.45, 7) is 3.48. The van der Waals surface area contributed by atoms with E-state index >= 15 is 0 Å². The second-order valence-corrected chi connectivity index (χ2v) is 15.4. The fraction of sp³-hybridized carbons (Fsp3) is 0.594. The maximum atomic E-state index is 13.9. The van der Waals surface area contributed by atoms with Crippen molar-refractivity contribution in [2.45, 2.75) is 99.6 Å². The molecular weight excluding hydrogens is 687 g/mol. The van der Waals surface area contributed by atoms with E-state index in [1.54, 1.807) is 0 Å². The van der Waals surface area contributed by atoms with Crippen LogP contribution >= 0.6 is 0 Å². The number of alkyl halides is 3. The summed E-state index contributed by atoms with van der Waals surface area (Å²) >= 11 is 0. The number of rotatable bonds is 7. The first-order valence-corrected chi connectivity index (χ1v) is 18.0. The molecule has 3 aliphatic heterocycles. The number of fused-ring (bicyclic) bond motifs is 3. The van der Waals surface area contributed by atoms with Gasteiger partial charge in [0.2, 0.25) is 21.8 Å². The zero-order chi connectivity index (χ0) is 36.0. The molecule has 18 heteroatoms. The Kier molecular flexibility index (Phi) is 9.51. The van der Waals surface area contributed by atoms with Crippen LogP contribution in [0.4, 0.5) is 22.8 Å². The number of amides is 5. The number of hydrogen-bond acceptors (Lipinski definition) is 9. The number of carbonyl (C=O) groups excluding carboxylic acids is 5. The van der Waals surface area contributed by atoms with Gasteiger partial charge in [-0.3, -0.25) is 24.0 Å². The summed E-state index contributed by atoms with van der Waals surface area (Å²) in [6.07, 6.45) is -6.60. The minimum atomic E-state index is -4.92. The van der Waals surface area contributed by atoms with Crippen LogP contribution in [0.15, 0.2) is 30.9 Å². The first kappa shape index (κ1) is 35.5. The number of nitrogens with one attached hydrogen (secondary N) is 3. The molecule has 2 saturated carbocycles. The molecule has 3 fully saturated rings. The van der Waals surface area contributed by atoms with Crippen molar-refractivity contribution >= 4 is 39.9 Å². The number of ether oxygens (including phenoxy) is 2. The number of alkyl carbamates (subject to hydrolysis) is 1. The lowest BCUT2D eigenvalue weighted by atomic mass is 9.99. The van der Waals surface area contributed by atoms with Crippen LogP contribution in [0.1, 0.15) is 61.6 Å². The lowest BCUT2D eigenvalue weighted by molar-refractivity contribution is -0.155. The molecule has 0 aromatic heterocycles. The normalized spacial score (nSPS) is 28.8. The zero-order valence-corrected chi connectivity index (χ0v) is 27.8. The fourth-order valence-corrected chi connectivity index (χ4v) is 8.23. The molecule has 2 aliphatic carbocycles. The highest BCUT2D eigenvalue weighted by Gasteiger charge is 2.62. The SMILES string of the molecule is C=C[C@H]1C[C@]1(NC(=O)[C@@H]1C[C@@H]2CN1C(=O)[C@H](CC(F)(F)F)NC(=O)OCCCCc1cccc3c1CN(C3)C(=O)O2)C(=O)NS(=O)(=O)C1CC1. The van der Waals surface area contributed by atoms with E-state index in [1.807, 2.05) is 28.2 Å². The summed E-state index contributed by atoms with van der Waals surface area (Å²) < 4.78 is 79.0. The van der Waals surface area contributed by atoms with Gasteiger partial charge in [0.15, 0.2) is 0 Å². The molecule has 6 rings (SSSR count). The van der Waals surface area contributed by atoms with Crippen LogP contribution in [0.5, 0.6) is 0 Å². The summed E-state index contributed by atoms with van der Waals surface area (Å²) in [4.78, 5) is 69.2. The highest BCUT2D eigenvalue weighted by molar-refractivity contribution is 7.91. The number of cyclic esters (lactones) is 1. The summed E-state index contributed by atoms with van der Waals surface area (Å²) in [5, 5.41) is 3.76. The Bertz CT molecular complexity index is 1700. The van der Waals surface area contributed by atoms with Crippen molar-refractivity contribution in [1.82, 2.24) is 25.2 Å². The van der Waals surface area contributed by atoms with Gasteiger partial charge in [0.25, 0.3) is 5.91 Å². The lowest BCUT2D eigenvalue weighted by Crippen LogP contribution is -2.58. The van der Waals surface area contributed by atoms with Gasteiger partial charge in [-0.15, -0.1) is 6.58 Å². The van der Waals surface area contributed by atoms with Crippen molar-refractivity contribution in [3.8, 4) is 0 Å². The second kappa shape index (κ2) is 13.4. The van der Waals surface area contributed by atoms with Crippen LogP contribution in [0.3, 0.4) is 0 Å². The molecule has 1 aromatic rings. The minimum absolute atomic E-state index is 0.0189. The number of sulfonamides is 1. The summed E-state index contributed by atoms with van der Waals surface area (Å²) in [5.74, 6) is -3.97. The highest BCUT2D eigenvalue weighted by Crippen LogP contribution is 2.45. The van der Waals surface area contributed by atoms with Gasteiger partial charge in [-0.05, 0) is 55.2 Å². The number of halogens is 3. The quantitative estimate of drug-likeness (QED) is 0.355. The number of benzene rings is 1. The van der Waals surface area contributed by atoms with Crippen molar-refractivity contribution in [3.63, 3.8) is 0 Å². The van der Waals surface area contributed by atoms with Crippen molar-refractivity contribution in [1.29, 1.82) is 0 Å². The number of hydrogen-bond donors (Lipinski definition) is 3. The van der Waals surface area contributed by atoms with E-state index in [4.69, 9.17) is 9.47 Å². The van der Waals surface area contributed by atoms with Gasteiger partial charge in [-0.1, -0.05) is 24.3 Å². The van der Waals surface area contributed by atoms with E-state index in [9.17, 15) is 45.6 Å². The Balaban J connectivity index is 1.27. The van der Waals surface area contributed by atoms with Crippen LogP contribution in [0.2, 0.25) is 0 Å². The van der Waals surface area contributed by atoms with Gasteiger partial charge < -0.3 is 25.0 Å². The van der Waals surface area contributed by atoms with Gasteiger partial charge in [0.1, 0.15) is 23.7 Å².